The number of hydrogen-bond acceptors (Lipinski definition) is 3. The van der Waals surface area contributed by atoms with Crippen LogP contribution in [0.3, 0.4) is 0 Å². The first kappa shape index (κ1) is 12.2. The van der Waals surface area contributed by atoms with Gasteiger partial charge in [-0.25, -0.2) is 4.98 Å². The van der Waals surface area contributed by atoms with Crippen LogP contribution in [0.15, 0.2) is 17.0 Å². The fourth-order valence-electron chi connectivity index (χ4n) is 1.57. The third-order valence-corrected chi connectivity index (χ3v) is 2.49. The summed E-state index contributed by atoms with van der Waals surface area (Å²) in [6, 6.07) is 0. The number of hydrogen-bond donors (Lipinski definition) is 1. The van der Waals surface area contributed by atoms with E-state index in [1.165, 1.54) is 44.9 Å². The summed E-state index contributed by atoms with van der Waals surface area (Å²) in [5.41, 5.74) is 0. The maximum absolute atomic E-state index is 5.12. The first-order valence-electron chi connectivity index (χ1n) is 6.01. The van der Waals surface area contributed by atoms with E-state index in [0.717, 1.165) is 18.8 Å². The Morgan fingerprint density at radius 1 is 1.20 bits per heavy atom. The van der Waals surface area contributed by atoms with Gasteiger partial charge in [0, 0.05) is 0 Å². The van der Waals surface area contributed by atoms with Crippen molar-refractivity contribution in [2.24, 2.45) is 0 Å². The van der Waals surface area contributed by atoms with Crippen LogP contribution in [0.5, 0.6) is 0 Å². The number of aromatic nitrogens is 1. The van der Waals surface area contributed by atoms with Crippen LogP contribution < -0.4 is 5.32 Å². The van der Waals surface area contributed by atoms with Gasteiger partial charge in [0.05, 0.1) is 12.7 Å². The van der Waals surface area contributed by atoms with Crippen LogP contribution in [0.4, 0.5) is 0 Å². The van der Waals surface area contributed by atoms with E-state index >= 15 is 0 Å². The predicted molar refractivity (Wildman–Crippen MR) is 61.6 cm³/mol. The quantitative estimate of drug-likeness (QED) is 0.636. The van der Waals surface area contributed by atoms with Crippen molar-refractivity contribution < 1.29 is 4.42 Å². The van der Waals surface area contributed by atoms with Gasteiger partial charge in [0.2, 0.25) is 0 Å². The second kappa shape index (κ2) is 8.48. The maximum Gasteiger partial charge on any atom is 0.180 e. The molecule has 0 atom stereocenters. The zero-order chi connectivity index (χ0) is 10.8. The average molecular weight is 210 g/mol. The molecule has 0 amide bonds. The summed E-state index contributed by atoms with van der Waals surface area (Å²) in [6.45, 7) is 4.13. The largest absolute Gasteiger partial charge is 0.447 e. The summed E-state index contributed by atoms with van der Waals surface area (Å²) in [5.74, 6) is 0.918. The minimum absolute atomic E-state index is 0.801. The van der Waals surface area contributed by atoms with E-state index in [0.29, 0.717) is 0 Å². The van der Waals surface area contributed by atoms with Gasteiger partial charge in [-0.05, 0) is 13.0 Å². The summed E-state index contributed by atoms with van der Waals surface area (Å²) in [7, 11) is 0. The summed E-state index contributed by atoms with van der Waals surface area (Å²) in [6.07, 6.45) is 11.3. The normalized spacial score (nSPS) is 10.7. The Balaban J connectivity index is 1.81. The number of nitrogens with one attached hydrogen (secondary N) is 1. The van der Waals surface area contributed by atoms with Crippen molar-refractivity contribution >= 4 is 0 Å². The van der Waals surface area contributed by atoms with Crippen molar-refractivity contribution in [3.63, 3.8) is 0 Å². The van der Waals surface area contributed by atoms with Gasteiger partial charge in [-0.15, -0.1) is 0 Å². The SMILES string of the molecule is CCCCCCCCNCc1cnco1. The van der Waals surface area contributed by atoms with Crippen LogP contribution in [0.2, 0.25) is 0 Å². The molecule has 1 N–H and O–H groups in total. The molecule has 0 saturated carbocycles. The Bertz CT molecular complexity index is 222. The molecule has 0 saturated heterocycles. The van der Waals surface area contributed by atoms with E-state index in [4.69, 9.17) is 4.42 Å². The predicted octanol–water partition coefficient (Wildman–Crippen LogP) is 3.12. The second-order valence-corrected chi connectivity index (χ2v) is 3.91. The molecule has 3 heteroatoms. The average Bonchev–Trinajstić information content (AvgIpc) is 2.75. The molecule has 0 bridgehead atoms. The zero-order valence-corrected chi connectivity index (χ0v) is 9.67. The minimum atomic E-state index is 0.801. The highest BCUT2D eigenvalue weighted by Crippen LogP contribution is 2.04. The Morgan fingerprint density at radius 3 is 2.73 bits per heavy atom. The summed E-state index contributed by atoms with van der Waals surface area (Å²) in [5, 5.41) is 3.34. The topological polar surface area (TPSA) is 38.1 Å². The zero-order valence-electron chi connectivity index (χ0n) is 9.67. The molecule has 0 spiro atoms. The number of nitrogens with zero attached hydrogens (tertiary/aromatic N) is 1. The van der Waals surface area contributed by atoms with Crippen molar-refractivity contribution in [3.05, 3.63) is 18.4 Å². The van der Waals surface area contributed by atoms with Crippen molar-refractivity contribution in [1.29, 1.82) is 0 Å². The standard InChI is InChI=1S/C12H22N2O/c1-2-3-4-5-6-7-8-13-9-12-10-14-11-15-12/h10-11,13H,2-9H2,1H3. The summed E-state index contributed by atoms with van der Waals surface area (Å²) in [4.78, 5) is 3.86. The van der Waals surface area contributed by atoms with Gasteiger partial charge in [0.15, 0.2) is 6.39 Å². The van der Waals surface area contributed by atoms with Crippen molar-refractivity contribution in [1.82, 2.24) is 10.3 Å². The first-order valence-corrected chi connectivity index (χ1v) is 6.01. The third kappa shape index (κ3) is 6.28. The number of rotatable bonds is 9. The molecule has 1 aromatic heterocycles. The molecule has 86 valence electrons. The van der Waals surface area contributed by atoms with Crippen LogP contribution in [-0.4, -0.2) is 11.5 Å². The van der Waals surface area contributed by atoms with Crippen LogP contribution in [0, 0.1) is 0 Å². The highest BCUT2D eigenvalue weighted by molar-refractivity contribution is 4.86. The molecule has 1 heterocycles. The van der Waals surface area contributed by atoms with Gasteiger partial charge in [-0.1, -0.05) is 39.0 Å². The lowest BCUT2D eigenvalue weighted by Gasteiger charge is -2.02. The van der Waals surface area contributed by atoms with Gasteiger partial charge in [0.1, 0.15) is 5.76 Å². The second-order valence-electron chi connectivity index (χ2n) is 3.91. The van der Waals surface area contributed by atoms with Crippen LogP contribution >= 0.6 is 0 Å². The van der Waals surface area contributed by atoms with Crippen LogP contribution in [-0.2, 0) is 6.54 Å². The van der Waals surface area contributed by atoms with Crippen molar-refractivity contribution in [2.45, 2.75) is 52.0 Å². The summed E-state index contributed by atoms with van der Waals surface area (Å²) < 4.78 is 5.12. The van der Waals surface area contributed by atoms with Crippen molar-refractivity contribution in [3.8, 4) is 0 Å². The Kier molecular flexibility index (Phi) is 6.92. The summed E-state index contributed by atoms with van der Waals surface area (Å²) >= 11 is 0. The van der Waals surface area contributed by atoms with Gasteiger partial charge >= 0.3 is 0 Å². The van der Waals surface area contributed by atoms with E-state index in [1.807, 2.05) is 0 Å². The maximum atomic E-state index is 5.12. The number of unbranched alkanes of at least 4 members (excludes halogenated alkanes) is 5. The molecule has 15 heavy (non-hydrogen) atoms. The van der Waals surface area contributed by atoms with Gasteiger partial charge in [0.25, 0.3) is 0 Å². The Hall–Kier alpha value is -0.830. The molecule has 0 fully saturated rings. The van der Waals surface area contributed by atoms with E-state index in [9.17, 15) is 0 Å². The van der Waals surface area contributed by atoms with Gasteiger partial charge in [-0.2, -0.15) is 0 Å². The van der Waals surface area contributed by atoms with Gasteiger partial charge in [-0.3, -0.25) is 0 Å². The molecule has 0 aliphatic carbocycles. The van der Waals surface area contributed by atoms with E-state index in [2.05, 4.69) is 17.2 Å². The number of oxazole rings is 1. The van der Waals surface area contributed by atoms with E-state index in [1.54, 1.807) is 6.20 Å². The highest BCUT2D eigenvalue weighted by atomic mass is 16.3. The molecule has 0 aliphatic heterocycles. The Morgan fingerprint density at radius 2 is 2.00 bits per heavy atom. The lowest BCUT2D eigenvalue weighted by atomic mass is 10.1. The molecular formula is C12H22N2O. The molecule has 0 aliphatic rings. The van der Waals surface area contributed by atoms with E-state index in [-0.39, 0.29) is 0 Å². The molecule has 1 aromatic rings. The molecular weight excluding hydrogens is 188 g/mol. The highest BCUT2D eigenvalue weighted by Gasteiger charge is 1.94. The fraction of sp³-hybridized carbons (Fsp3) is 0.750. The molecule has 0 unspecified atom stereocenters. The van der Waals surface area contributed by atoms with Crippen molar-refractivity contribution in [2.75, 3.05) is 6.54 Å². The molecule has 3 nitrogen and oxygen atoms in total. The van der Waals surface area contributed by atoms with E-state index < -0.39 is 0 Å². The molecule has 0 aromatic carbocycles. The van der Waals surface area contributed by atoms with Crippen LogP contribution in [0.1, 0.15) is 51.2 Å². The Labute approximate surface area is 92.3 Å². The van der Waals surface area contributed by atoms with Crippen LogP contribution in [0.25, 0.3) is 0 Å². The lowest BCUT2D eigenvalue weighted by Crippen LogP contribution is -2.14. The smallest absolute Gasteiger partial charge is 0.180 e. The molecule has 1 rings (SSSR count). The molecule has 0 radical (unpaired) electrons. The minimum Gasteiger partial charge on any atom is -0.447 e. The lowest BCUT2D eigenvalue weighted by molar-refractivity contribution is 0.473. The fourth-order valence-corrected chi connectivity index (χ4v) is 1.57. The first-order chi connectivity index (χ1) is 7.43. The van der Waals surface area contributed by atoms with Gasteiger partial charge < -0.3 is 9.73 Å². The third-order valence-electron chi connectivity index (χ3n) is 2.49. The monoisotopic (exact) mass is 210 g/mol.